The number of anilines is 1. The van der Waals surface area contributed by atoms with Gasteiger partial charge >= 0.3 is 5.97 Å². The van der Waals surface area contributed by atoms with Crippen molar-refractivity contribution in [2.75, 3.05) is 5.32 Å². The standard InChI is InChI=1S/C13H11N3O5/c1-16-10(17)6-5-9(15-16)12(19)14-8-4-2-3-7(11(8)18)13(20)21/h2-6,18H,1H3,(H,14,19)(H,20,21). The van der Waals surface area contributed by atoms with Crippen LogP contribution in [0.1, 0.15) is 20.8 Å². The van der Waals surface area contributed by atoms with Gasteiger partial charge in [0.25, 0.3) is 11.5 Å². The highest BCUT2D eigenvalue weighted by atomic mass is 16.4. The number of para-hydroxylation sites is 1. The van der Waals surface area contributed by atoms with Crippen LogP contribution < -0.4 is 10.9 Å². The van der Waals surface area contributed by atoms with Crippen LogP contribution in [0.2, 0.25) is 0 Å². The summed E-state index contributed by atoms with van der Waals surface area (Å²) in [5.74, 6) is -2.55. The second-order valence-corrected chi connectivity index (χ2v) is 4.14. The summed E-state index contributed by atoms with van der Waals surface area (Å²) in [6.07, 6.45) is 0. The third-order valence-corrected chi connectivity index (χ3v) is 2.71. The second kappa shape index (κ2) is 5.45. The van der Waals surface area contributed by atoms with Gasteiger partial charge in [0, 0.05) is 13.1 Å². The molecule has 0 saturated carbocycles. The van der Waals surface area contributed by atoms with E-state index in [9.17, 15) is 19.5 Å². The first-order chi connectivity index (χ1) is 9.90. The predicted molar refractivity (Wildman–Crippen MR) is 72.5 cm³/mol. The zero-order chi connectivity index (χ0) is 15.6. The first kappa shape index (κ1) is 14.3. The molecule has 0 saturated heterocycles. The van der Waals surface area contributed by atoms with Crippen LogP contribution in [0.4, 0.5) is 5.69 Å². The quantitative estimate of drug-likeness (QED) is 0.705. The van der Waals surface area contributed by atoms with Gasteiger partial charge in [-0.3, -0.25) is 9.59 Å². The molecule has 2 rings (SSSR count). The van der Waals surface area contributed by atoms with Crippen molar-refractivity contribution >= 4 is 17.6 Å². The number of phenols is 1. The maximum Gasteiger partial charge on any atom is 0.339 e. The van der Waals surface area contributed by atoms with Crippen LogP contribution in [-0.4, -0.2) is 31.9 Å². The normalized spacial score (nSPS) is 10.1. The fourth-order valence-corrected chi connectivity index (χ4v) is 1.63. The van der Waals surface area contributed by atoms with Gasteiger partial charge in [0.2, 0.25) is 0 Å². The van der Waals surface area contributed by atoms with Crippen molar-refractivity contribution in [2.45, 2.75) is 0 Å². The van der Waals surface area contributed by atoms with Gasteiger partial charge in [-0.25, -0.2) is 9.48 Å². The van der Waals surface area contributed by atoms with Gasteiger partial charge in [-0.05, 0) is 18.2 Å². The van der Waals surface area contributed by atoms with Crippen LogP contribution in [0, 0.1) is 0 Å². The zero-order valence-corrected chi connectivity index (χ0v) is 10.9. The molecule has 0 spiro atoms. The molecule has 8 heteroatoms. The Labute approximate surface area is 118 Å². The van der Waals surface area contributed by atoms with Crippen LogP contribution in [0.15, 0.2) is 35.1 Å². The molecule has 1 aromatic carbocycles. The molecule has 0 aliphatic heterocycles. The van der Waals surface area contributed by atoms with Crippen LogP contribution in [0.5, 0.6) is 5.75 Å². The van der Waals surface area contributed by atoms with Gasteiger partial charge in [-0.15, -0.1) is 0 Å². The molecule has 0 aliphatic rings. The highest BCUT2D eigenvalue weighted by Gasteiger charge is 2.16. The summed E-state index contributed by atoms with van der Waals surface area (Å²) in [7, 11) is 1.39. The minimum absolute atomic E-state index is 0.0442. The largest absolute Gasteiger partial charge is 0.505 e. The Balaban J connectivity index is 2.31. The number of hydrogen-bond donors (Lipinski definition) is 3. The van der Waals surface area contributed by atoms with Crippen molar-refractivity contribution in [3.63, 3.8) is 0 Å². The number of benzene rings is 1. The molecule has 1 aromatic heterocycles. The van der Waals surface area contributed by atoms with Gasteiger partial charge < -0.3 is 15.5 Å². The molecule has 0 aliphatic carbocycles. The monoisotopic (exact) mass is 289 g/mol. The molecule has 0 bridgehead atoms. The fourth-order valence-electron chi connectivity index (χ4n) is 1.63. The first-order valence-corrected chi connectivity index (χ1v) is 5.81. The lowest BCUT2D eigenvalue weighted by Crippen LogP contribution is -2.23. The lowest BCUT2D eigenvalue weighted by Gasteiger charge is -2.09. The van der Waals surface area contributed by atoms with Crippen molar-refractivity contribution in [2.24, 2.45) is 7.05 Å². The Morgan fingerprint density at radius 1 is 1.24 bits per heavy atom. The summed E-state index contributed by atoms with van der Waals surface area (Å²) in [5, 5.41) is 24.8. The number of nitrogens with zero attached hydrogens (tertiary/aromatic N) is 2. The van der Waals surface area contributed by atoms with Crippen LogP contribution in [0.25, 0.3) is 0 Å². The van der Waals surface area contributed by atoms with Crippen LogP contribution in [-0.2, 0) is 7.05 Å². The third-order valence-electron chi connectivity index (χ3n) is 2.71. The van der Waals surface area contributed by atoms with E-state index in [1.807, 2.05) is 0 Å². The minimum atomic E-state index is -1.32. The van der Waals surface area contributed by atoms with E-state index in [0.29, 0.717) is 0 Å². The number of rotatable bonds is 3. The Kier molecular flexibility index (Phi) is 3.70. The van der Waals surface area contributed by atoms with Gasteiger partial charge in [0.1, 0.15) is 11.3 Å². The maximum absolute atomic E-state index is 12.0. The van der Waals surface area contributed by atoms with Gasteiger partial charge in [-0.2, -0.15) is 5.10 Å². The Hall–Kier alpha value is -3.16. The van der Waals surface area contributed by atoms with E-state index in [4.69, 9.17) is 5.11 Å². The number of nitrogens with one attached hydrogen (secondary N) is 1. The number of carbonyl (C=O) groups is 2. The summed E-state index contributed by atoms with van der Waals surface area (Å²) >= 11 is 0. The average molecular weight is 289 g/mol. The predicted octanol–water partition coefficient (Wildman–Crippen LogP) is 0.436. The van der Waals surface area contributed by atoms with Crippen LogP contribution in [0.3, 0.4) is 0 Å². The van der Waals surface area contributed by atoms with E-state index in [1.54, 1.807) is 0 Å². The van der Waals surface area contributed by atoms with E-state index >= 15 is 0 Å². The number of carboxylic acid groups (broad SMARTS) is 1. The van der Waals surface area contributed by atoms with E-state index in [2.05, 4.69) is 10.4 Å². The number of hydrogen-bond acceptors (Lipinski definition) is 5. The maximum atomic E-state index is 12.0. The number of aromatic carboxylic acids is 1. The van der Waals surface area contributed by atoms with Crippen molar-refractivity contribution in [1.82, 2.24) is 9.78 Å². The van der Waals surface area contributed by atoms with Crippen LogP contribution >= 0.6 is 0 Å². The Morgan fingerprint density at radius 3 is 2.57 bits per heavy atom. The summed E-state index contributed by atoms with van der Waals surface area (Å²) in [5.41, 5.74) is -0.809. The molecule has 1 heterocycles. The highest BCUT2D eigenvalue weighted by molar-refractivity contribution is 6.05. The van der Waals surface area contributed by atoms with Crippen molar-refractivity contribution in [3.8, 4) is 5.75 Å². The number of aromatic hydroxyl groups is 1. The summed E-state index contributed by atoms with van der Waals surface area (Å²) in [6, 6.07) is 6.34. The lowest BCUT2D eigenvalue weighted by molar-refractivity contribution is 0.0693. The molecule has 0 atom stereocenters. The molecule has 0 fully saturated rings. The van der Waals surface area contributed by atoms with Gasteiger partial charge in [0.05, 0.1) is 5.69 Å². The lowest BCUT2D eigenvalue weighted by atomic mass is 10.1. The average Bonchev–Trinajstić information content (AvgIpc) is 2.43. The van der Waals surface area contributed by atoms with Crippen molar-refractivity contribution in [1.29, 1.82) is 0 Å². The number of carbonyl (C=O) groups excluding carboxylic acids is 1. The van der Waals surface area contributed by atoms with E-state index in [1.165, 1.54) is 37.4 Å². The first-order valence-electron chi connectivity index (χ1n) is 5.81. The van der Waals surface area contributed by atoms with Gasteiger partial charge in [-0.1, -0.05) is 6.07 Å². The summed E-state index contributed by atoms with van der Waals surface area (Å²) in [6.45, 7) is 0. The van der Waals surface area contributed by atoms with Crippen molar-refractivity contribution < 1.29 is 19.8 Å². The summed E-state index contributed by atoms with van der Waals surface area (Å²) in [4.78, 5) is 34.0. The molecule has 0 unspecified atom stereocenters. The molecule has 3 N–H and O–H groups in total. The molecule has 0 radical (unpaired) electrons. The second-order valence-electron chi connectivity index (χ2n) is 4.14. The number of amides is 1. The molecular weight excluding hydrogens is 278 g/mol. The third kappa shape index (κ3) is 2.89. The van der Waals surface area contributed by atoms with Gasteiger partial charge in [0.15, 0.2) is 5.75 Å². The van der Waals surface area contributed by atoms with E-state index in [0.717, 1.165) is 4.68 Å². The topological polar surface area (TPSA) is 122 Å². The molecule has 1 amide bonds. The van der Waals surface area contributed by atoms with Crippen molar-refractivity contribution in [3.05, 3.63) is 51.9 Å². The highest BCUT2D eigenvalue weighted by Crippen LogP contribution is 2.27. The zero-order valence-electron chi connectivity index (χ0n) is 10.9. The Morgan fingerprint density at radius 2 is 1.95 bits per heavy atom. The SMILES string of the molecule is Cn1nc(C(=O)Nc2cccc(C(=O)O)c2O)ccc1=O. The Bertz CT molecular complexity index is 782. The summed E-state index contributed by atoms with van der Waals surface area (Å²) < 4.78 is 0.989. The molecule has 21 heavy (non-hydrogen) atoms. The molecule has 108 valence electrons. The minimum Gasteiger partial charge on any atom is -0.505 e. The number of carboxylic acids is 1. The number of aromatic nitrogens is 2. The van der Waals surface area contributed by atoms with E-state index < -0.39 is 17.6 Å². The molecule has 8 nitrogen and oxygen atoms in total. The smallest absolute Gasteiger partial charge is 0.339 e. The molecule has 2 aromatic rings. The number of aryl methyl sites for hydroxylation is 1. The fraction of sp³-hybridized carbons (Fsp3) is 0.0769. The van der Waals surface area contributed by atoms with E-state index in [-0.39, 0.29) is 22.5 Å². The molecular formula is C13H11N3O5.